The number of carbonyl (C=O) groups is 1. The highest BCUT2D eigenvalue weighted by molar-refractivity contribution is 7.10. The molecule has 0 bridgehead atoms. The molecule has 1 atom stereocenters. The monoisotopic (exact) mass is 402 g/mol. The van der Waals surface area contributed by atoms with Gasteiger partial charge in [0, 0.05) is 11.4 Å². The van der Waals surface area contributed by atoms with E-state index in [4.69, 9.17) is 13.9 Å². The summed E-state index contributed by atoms with van der Waals surface area (Å²) in [4.78, 5) is 12.9. The summed E-state index contributed by atoms with van der Waals surface area (Å²) >= 11 is 1.39. The first kappa shape index (κ1) is 19.8. The quantitative estimate of drug-likeness (QED) is 0.538. The van der Waals surface area contributed by atoms with Crippen LogP contribution in [-0.2, 0) is 12.1 Å². The predicted octanol–water partition coefficient (Wildman–Crippen LogP) is 3.09. The van der Waals surface area contributed by atoms with Crippen LogP contribution in [-0.4, -0.2) is 31.9 Å². The molecule has 3 aromatic rings. The van der Waals surface area contributed by atoms with Crippen LogP contribution in [0.25, 0.3) is 0 Å². The van der Waals surface area contributed by atoms with Crippen LogP contribution >= 0.6 is 11.3 Å². The smallest absolute Gasteiger partial charge is 0.315 e. The number of carbonyl (C=O) groups excluding carboxylic acids is 1. The fraction of sp³-hybridized carbons (Fsp3) is 0.250. The second kappa shape index (κ2) is 8.81. The van der Waals surface area contributed by atoms with Crippen molar-refractivity contribution in [1.82, 2.24) is 10.6 Å². The lowest BCUT2D eigenvalue weighted by Crippen LogP contribution is -2.44. The van der Waals surface area contributed by atoms with Crippen LogP contribution in [0.2, 0.25) is 0 Å². The summed E-state index contributed by atoms with van der Waals surface area (Å²) in [7, 11) is 3.12. The number of thiophene rings is 1. The van der Waals surface area contributed by atoms with E-state index < -0.39 is 11.6 Å². The van der Waals surface area contributed by atoms with E-state index in [1.807, 2.05) is 17.5 Å². The molecule has 0 unspecified atom stereocenters. The largest absolute Gasteiger partial charge is 0.493 e. The van der Waals surface area contributed by atoms with Crippen molar-refractivity contribution in [2.45, 2.75) is 12.1 Å². The first-order valence-electron chi connectivity index (χ1n) is 8.60. The number of amides is 2. The van der Waals surface area contributed by atoms with E-state index in [1.165, 1.54) is 17.6 Å². The molecule has 8 heteroatoms. The van der Waals surface area contributed by atoms with Gasteiger partial charge in [0.1, 0.15) is 5.76 Å². The Balaban J connectivity index is 1.61. The van der Waals surface area contributed by atoms with E-state index in [0.717, 1.165) is 5.56 Å². The minimum absolute atomic E-state index is 0.0290. The number of rotatable bonds is 8. The number of methoxy groups -OCH3 is 2. The van der Waals surface area contributed by atoms with Crippen molar-refractivity contribution in [3.8, 4) is 11.5 Å². The third-order valence-electron chi connectivity index (χ3n) is 4.26. The van der Waals surface area contributed by atoms with E-state index in [1.54, 1.807) is 44.6 Å². The van der Waals surface area contributed by atoms with Crippen molar-refractivity contribution >= 4 is 17.4 Å². The van der Waals surface area contributed by atoms with Gasteiger partial charge in [-0.2, -0.15) is 0 Å². The molecule has 0 saturated heterocycles. The van der Waals surface area contributed by atoms with Crippen LogP contribution in [0.3, 0.4) is 0 Å². The molecule has 2 amide bonds. The van der Waals surface area contributed by atoms with Crippen LogP contribution in [0.15, 0.2) is 58.5 Å². The molecule has 0 aliphatic carbocycles. The van der Waals surface area contributed by atoms with Crippen LogP contribution in [0.4, 0.5) is 4.79 Å². The lowest BCUT2D eigenvalue weighted by atomic mass is 9.99. The van der Waals surface area contributed by atoms with E-state index in [0.29, 0.717) is 28.7 Å². The summed E-state index contributed by atoms with van der Waals surface area (Å²) in [6.45, 7) is 0.267. The molecule has 2 heterocycles. The third kappa shape index (κ3) is 4.29. The standard InChI is InChI=1S/C20H22N2O5S/c1-25-15-8-7-14(11-16(15)26-2)12-21-19(23)22-13-20(24,17-5-3-9-27-17)18-6-4-10-28-18/h3-11,24H,12-13H2,1-2H3,(H2,21,22,23)/t20-/m1/s1. The van der Waals surface area contributed by atoms with Crippen molar-refractivity contribution in [3.63, 3.8) is 0 Å². The molecule has 3 N–H and O–H groups in total. The Kier molecular flexibility index (Phi) is 6.23. The Morgan fingerprint density at radius 2 is 1.96 bits per heavy atom. The predicted molar refractivity (Wildman–Crippen MR) is 106 cm³/mol. The summed E-state index contributed by atoms with van der Waals surface area (Å²) in [6, 6.07) is 12.0. The summed E-state index contributed by atoms with van der Waals surface area (Å²) < 4.78 is 15.9. The molecule has 148 valence electrons. The molecule has 0 radical (unpaired) electrons. The van der Waals surface area contributed by atoms with Gasteiger partial charge in [0.2, 0.25) is 0 Å². The minimum Gasteiger partial charge on any atom is -0.493 e. The molecule has 7 nitrogen and oxygen atoms in total. The zero-order valence-corrected chi connectivity index (χ0v) is 16.4. The lowest BCUT2D eigenvalue weighted by molar-refractivity contribution is 0.0623. The molecule has 2 aromatic heterocycles. The Hall–Kier alpha value is -2.97. The Morgan fingerprint density at radius 3 is 2.61 bits per heavy atom. The number of benzene rings is 1. The van der Waals surface area contributed by atoms with Crippen LogP contribution in [0, 0.1) is 0 Å². The summed E-state index contributed by atoms with van der Waals surface area (Å²) in [5.41, 5.74) is -0.578. The normalized spacial score (nSPS) is 12.8. The van der Waals surface area contributed by atoms with Crippen molar-refractivity contribution in [2.75, 3.05) is 20.8 Å². The maximum atomic E-state index is 12.3. The fourth-order valence-electron chi connectivity index (χ4n) is 2.77. The molecular formula is C20H22N2O5S. The maximum absolute atomic E-state index is 12.3. The maximum Gasteiger partial charge on any atom is 0.315 e. The Bertz CT molecular complexity index is 859. The number of urea groups is 1. The van der Waals surface area contributed by atoms with E-state index in [2.05, 4.69) is 10.6 Å². The van der Waals surface area contributed by atoms with Crippen molar-refractivity contribution in [1.29, 1.82) is 0 Å². The first-order chi connectivity index (χ1) is 13.6. The SMILES string of the molecule is COc1ccc(CNC(=O)NC[C@@](O)(c2ccco2)c2cccs2)cc1OC. The molecular weight excluding hydrogens is 380 g/mol. The van der Waals surface area contributed by atoms with Crippen LogP contribution in [0.1, 0.15) is 16.2 Å². The van der Waals surface area contributed by atoms with Gasteiger partial charge in [0.05, 0.1) is 27.0 Å². The van der Waals surface area contributed by atoms with Crippen molar-refractivity contribution < 1.29 is 23.8 Å². The molecule has 3 rings (SSSR count). The van der Waals surface area contributed by atoms with E-state index >= 15 is 0 Å². The Labute approximate surface area is 166 Å². The van der Waals surface area contributed by atoms with Crippen molar-refractivity contribution in [3.05, 3.63) is 70.3 Å². The highest BCUT2D eigenvalue weighted by Gasteiger charge is 2.36. The summed E-state index contributed by atoms with van der Waals surface area (Å²) in [5, 5.41) is 18.5. The second-order valence-electron chi connectivity index (χ2n) is 6.04. The van der Waals surface area contributed by atoms with Gasteiger partial charge in [-0.15, -0.1) is 11.3 Å². The van der Waals surface area contributed by atoms with Gasteiger partial charge < -0.3 is 29.6 Å². The average molecular weight is 402 g/mol. The van der Waals surface area contributed by atoms with Crippen LogP contribution in [0.5, 0.6) is 11.5 Å². The Morgan fingerprint density at radius 1 is 1.14 bits per heavy atom. The molecule has 28 heavy (non-hydrogen) atoms. The van der Waals surface area contributed by atoms with E-state index in [9.17, 15) is 9.90 Å². The number of hydrogen-bond donors (Lipinski definition) is 3. The van der Waals surface area contributed by atoms with Gasteiger partial charge in [0.25, 0.3) is 0 Å². The molecule has 0 spiro atoms. The second-order valence-corrected chi connectivity index (χ2v) is 6.99. The highest BCUT2D eigenvalue weighted by atomic mass is 32.1. The number of hydrogen-bond acceptors (Lipinski definition) is 6. The fourth-order valence-corrected chi connectivity index (χ4v) is 3.60. The van der Waals surface area contributed by atoms with Gasteiger partial charge in [-0.3, -0.25) is 0 Å². The number of nitrogens with one attached hydrogen (secondary N) is 2. The molecule has 1 aromatic carbocycles. The van der Waals surface area contributed by atoms with Crippen LogP contribution < -0.4 is 20.1 Å². The van der Waals surface area contributed by atoms with Gasteiger partial charge in [0.15, 0.2) is 17.1 Å². The zero-order chi connectivity index (χ0) is 20.0. The van der Waals surface area contributed by atoms with Gasteiger partial charge >= 0.3 is 6.03 Å². The van der Waals surface area contributed by atoms with Crippen molar-refractivity contribution in [2.24, 2.45) is 0 Å². The lowest BCUT2D eigenvalue weighted by Gasteiger charge is -2.25. The molecule has 0 fully saturated rings. The highest BCUT2D eigenvalue weighted by Crippen LogP contribution is 2.32. The summed E-state index contributed by atoms with van der Waals surface area (Å²) in [6.07, 6.45) is 1.49. The number of furan rings is 1. The minimum atomic E-state index is -1.43. The number of ether oxygens (including phenoxy) is 2. The number of aliphatic hydroxyl groups is 1. The van der Waals surface area contributed by atoms with E-state index in [-0.39, 0.29) is 6.54 Å². The summed E-state index contributed by atoms with van der Waals surface area (Å²) in [5.74, 6) is 1.58. The van der Waals surface area contributed by atoms with Gasteiger partial charge in [-0.1, -0.05) is 12.1 Å². The zero-order valence-electron chi connectivity index (χ0n) is 15.6. The van der Waals surface area contributed by atoms with Gasteiger partial charge in [-0.25, -0.2) is 4.79 Å². The first-order valence-corrected chi connectivity index (χ1v) is 9.47. The molecule has 0 aliphatic rings. The average Bonchev–Trinajstić information content (AvgIpc) is 3.44. The molecule has 0 aliphatic heterocycles. The van der Waals surface area contributed by atoms with Gasteiger partial charge in [-0.05, 0) is 41.3 Å². The molecule has 0 saturated carbocycles. The third-order valence-corrected chi connectivity index (χ3v) is 5.28. The topological polar surface area (TPSA) is 93.0 Å².